The molecule has 0 aliphatic heterocycles. The second-order valence-electron chi connectivity index (χ2n) is 4.36. The molecule has 1 saturated carbocycles. The Morgan fingerprint density at radius 3 is 2.61 bits per heavy atom. The molecule has 0 bridgehead atoms. The van der Waals surface area contributed by atoms with Crippen LogP contribution >= 0.6 is 0 Å². The van der Waals surface area contributed by atoms with Gasteiger partial charge in [0.2, 0.25) is 10.0 Å². The van der Waals surface area contributed by atoms with Crippen molar-refractivity contribution in [2.45, 2.75) is 31.4 Å². The van der Waals surface area contributed by atoms with E-state index in [4.69, 9.17) is 5.11 Å². The molecule has 106 valence electrons. The maximum atomic E-state index is 12.4. The van der Waals surface area contributed by atoms with Gasteiger partial charge in [-0.15, -0.1) is 0 Å². The van der Waals surface area contributed by atoms with Crippen LogP contribution in [0.2, 0.25) is 0 Å². The molecule has 0 aromatic heterocycles. The fourth-order valence-electron chi connectivity index (χ4n) is 2.47. The first kappa shape index (κ1) is 15.4. The highest BCUT2D eigenvalue weighted by Gasteiger charge is 2.44. The van der Waals surface area contributed by atoms with Crippen molar-refractivity contribution in [2.75, 3.05) is 26.8 Å². The third kappa shape index (κ3) is 3.02. The molecule has 0 radical (unpaired) electrons. The fourth-order valence-corrected chi connectivity index (χ4v) is 4.68. The van der Waals surface area contributed by atoms with E-state index in [1.165, 1.54) is 11.4 Å². The first-order chi connectivity index (χ1) is 8.48. The third-order valence-electron chi connectivity index (χ3n) is 3.40. The van der Waals surface area contributed by atoms with Crippen molar-refractivity contribution in [1.29, 1.82) is 0 Å². The summed E-state index contributed by atoms with van der Waals surface area (Å²) in [6, 6.07) is 0. The van der Waals surface area contributed by atoms with Crippen LogP contribution in [0.3, 0.4) is 0 Å². The van der Waals surface area contributed by atoms with E-state index in [1.807, 2.05) is 0 Å². The SMILES string of the molecule is CCN(CCO)S(=O)(=O)C1CCCC1C(=O)OC. The van der Waals surface area contributed by atoms with Gasteiger partial charge >= 0.3 is 5.97 Å². The van der Waals surface area contributed by atoms with Gasteiger partial charge in [0.25, 0.3) is 0 Å². The second-order valence-corrected chi connectivity index (χ2v) is 6.51. The van der Waals surface area contributed by atoms with Crippen LogP contribution < -0.4 is 0 Å². The molecule has 1 rings (SSSR count). The Labute approximate surface area is 108 Å². The van der Waals surface area contributed by atoms with Crippen LogP contribution in [0.1, 0.15) is 26.2 Å². The highest BCUT2D eigenvalue weighted by atomic mass is 32.2. The molecule has 1 fully saturated rings. The van der Waals surface area contributed by atoms with Crippen molar-refractivity contribution in [1.82, 2.24) is 4.31 Å². The van der Waals surface area contributed by atoms with Crippen molar-refractivity contribution in [3.05, 3.63) is 0 Å². The molecule has 2 atom stereocenters. The summed E-state index contributed by atoms with van der Waals surface area (Å²) in [4.78, 5) is 11.6. The molecule has 1 N–H and O–H groups in total. The predicted octanol–water partition coefficient (Wildman–Crippen LogP) is -0.0279. The summed E-state index contributed by atoms with van der Waals surface area (Å²) in [6.45, 7) is 1.87. The molecule has 1 aliphatic rings. The van der Waals surface area contributed by atoms with E-state index in [0.29, 0.717) is 25.8 Å². The maximum absolute atomic E-state index is 12.4. The largest absolute Gasteiger partial charge is 0.469 e. The molecular formula is C11H21NO5S. The number of hydrogen-bond acceptors (Lipinski definition) is 5. The van der Waals surface area contributed by atoms with Crippen LogP contribution in [0.15, 0.2) is 0 Å². The monoisotopic (exact) mass is 279 g/mol. The lowest BCUT2D eigenvalue weighted by molar-refractivity contribution is -0.145. The van der Waals surface area contributed by atoms with Crippen molar-refractivity contribution >= 4 is 16.0 Å². The molecule has 0 aromatic rings. The summed E-state index contributed by atoms with van der Waals surface area (Å²) in [6.07, 6.45) is 1.73. The molecular weight excluding hydrogens is 258 g/mol. The number of sulfonamides is 1. The van der Waals surface area contributed by atoms with E-state index in [-0.39, 0.29) is 13.2 Å². The number of nitrogens with zero attached hydrogens (tertiary/aromatic N) is 1. The van der Waals surface area contributed by atoms with Crippen LogP contribution in [0.4, 0.5) is 0 Å². The van der Waals surface area contributed by atoms with E-state index < -0.39 is 27.2 Å². The smallest absolute Gasteiger partial charge is 0.310 e. The zero-order valence-electron chi connectivity index (χ0n) is 10.8. The number of carbonyl (C=O) groups excluding carboxylic acids is 1. The first-order valence-electron chi connectivity index (χ1n) is 6.16. The van der Waals surface area contributed by atoms with Crippen LogP contribution in [-0.4, -0.2) is 55.9 Å². The number of aliphatic hydroxyl groups excluding tert-OH is 1. The normalized spacial score (nSPS) is 24.4. The number of methoxy groups -OCH3 is 1. The van der Waals surface area contributed by atoms with Crippen molar-refractivity contribution in [3.8, 4) is 0 Å². The predicted molar refractivity (Wildman–Crippen MR) is 66.4 cm³/mol. The molecule has 6 nitrogen and oxygen atoms in total. The Morgan fingerprint density at radius 2 is 2.11 bits per heavy atom. The minimum absolute atomic E-state index is 0.0726. The molecule has 1 aliphatic carbocycles. The van der Waals surface area contributed by atoms with E-state index >= 15 is 0 Å². The molecule has 2 unspecified atom stereocenters. The number of rotatable bonds is 6. The Morgan fingerprint density at radius 1 is 1.44 bits per heavy atom. The van der Waals surface area contributed by atoms with E-state index in [2.05, 4.69) is 4.74 Å². The molecule has 18 heavy (non-hydrogen) atoms. The van der Waals surface area contributed by atoms with Crippen LogP contribution in [0.5, 0.6) is 0 Å². The number of ether oxygens (including phenoxy) is 1. The lowest BCUT2D eigenvalue weighted by Crippen LogP contribution is -2.43. The molecule has 0 heterocycles. The average molecular weight is 279 g/mol. The summed E-state index contributed by atoms with van der Waals surface area (Å²) >= 11 is 0. The second kappa shape index (κ2) is 6.49. The summed E-state index contributed by atoms with van der Waals surface area (Å²) < 4.78 is 30.7. The van der Waals surface area contributed by atoms with Gasteiger partial charge in [-0.05, 0) is 12.8 Å². The summed E-state index contributed by atoms with van der Waals surface area (Å²) in [5.41, 5.74) is 0. The van der Waals surface area contributed by atoms with Gasteiger partial charge in [-0.3, -0.25) is 4.79 Å². The standard InChI is InChI=1S/C11H21NO5S/c1-3-12(7-8-13)18(15,16)10-6-4-5-9(10)11(14)17-2/h9-10,13H,3-8H2,1-2H3. The lowest BCUT2D eigenvalue weighted by atomic mass is 10.1. The molecule has 0 amide bonds. The van der Waals surface area contributed by atoms with Crippen molar-refractivity contribution < 1.29 is 23.1 Å². The highest BCUT2D eigenvalue weighted by Crippen LogP contribution is 2.33. The number of carbonyl (C=O) groups is 1. The van der Waals surface area contributed by atoms with Gasteiger partial charge < -0.3 is 9.84 Å². The number of aliphatic hydroxyl groups is 1. The summed E-state index contributed by atoms with van der Waals surface area (Å²) in [5.74, 6) is -1.03. The van der Waals surface area contributed by atoms with E-state index in [9.17, 15) is 13.2 Å². The topological polar surface area (TPSA) is 83.9 Å². The van der Waals surface area contributed by atoms with Gasteiger partial charge in [0.15, 0.2) is 0 Å². The van der Waals surface area contributed by atoms with Crippen LogP contribution in [0, 0.1) is 5.92 Å². The Hall–Kier alpha value is -0.660. The maximum Gasteiger partial charge on any atom is 0.310 e. The van der Waals surface area contributed by atoms with Crippen molar-refractivity contribution in [3.63, 3.8) is 0 Å². The van der Waals surface area contributed by atoms with Gasteiger partial charge in [0, 0.05) is 13.1 Å². The van der Waals surface area contributed by atoms with Gasteiger partial charge in [-0.25, -0.2) is 8.42 Å². The minimum Gasteiger partial charge on any atom is -0.469 e. The van der Waals surface area contributed by atoms with E-state index in [1.54, 1.807) is 6.92 Å². The average Bonchev–Trinajstić information content (AvgIpc) is 2.84. The Kier molecular flexibility index (Phi) is 5.55. The Bertz CT molecular complexity index is 381. The fraction of sp³-hybridized carbons (Fsp3) is 0.909. The van der Waals surface area contributed by atoms with Gasteiger partial charge in [0.1, 0.15) is 0 Å². The molecule has 0 aromatic carbocycles. The zero-order valence-corrected chi connectivity index (χ0v) is 11.6. The van der Waals surface area contributed by atoms with Gasteiger partial charge in [-0.2, -0.15) is 4.31 Å². The third-order valence-corrected chi connectivity index (χ3v) is 5.89. The van der Waals surface area contributed by atoms with Crippen LogP contribution in [0.25, 0.3) is 0 Å². The summed E-state index contributed by atoms with van der Waals surface area (Å²) in [5, 5.41) is 8.19. The summed E-state index contributed by atoms with van der Waals surface area (Å²) in [7, 11) is -2.27. The van der Waals surface area contributed by atoms with E-state index in [0.717, 1.165) is 0 Å². The number of hydrogen-bond donors (Lipinski definition) is 1. The highest BCUT2D eigenvalue weighted by molar-refractivity contribution is 7.89. The number of esters is 1. The molecule has 0 saturated heterocycles. The quantitative estimate of drug-likeness (QED) is 0.690. The van der Waals surface area contributed by atoms with Crippen LogP contribution in [-0.2, 0) is 19.6 Å². The Balaban J connectivity index is 2.92. The van der Waals surface area contributed by atoms with Gasteiger partial charge in [0.05, 0.1) is 24.9 Å². The molecule has 7 heteroatoms. The molecule has 0 spiro atoms. The lowest BCUT2D eigenvalue weighted by Gasteiger charge is -2.26. The van der Waals surface area contributed by atoms with Gasteiger partial charge in [-0.1, -0.05) is 13.3 Å². The van der Waals surface area contributed by atoms with Crippen molar-refractivity contribution in [2.24, 2.45) is 5.92 Å². The zero-order chi connectivity index (χ0) is 13.8. The first-order valence-corrected chi connectivity index (χ1v) is 7.67. The number of likely N-dealkylation sites (N-methyl/N-ethyl adjacent to an activating group) is 1. The minimum atomic E-state index is -3.54.